The van der Waals surface area contributed by atoms with Crippen molar-refractivity contribution >= 4 is 0 Å². The van der Waals surface area contributed by atoms with Gasteiger partial charge in [-0.05, 0) is 20.2 Å². The Morgan fingerprint density at radius 1 is 1.44 bits per heavy atom. The zero-order valence-electron chi connectivity index (χ0n) is 5.55. The fraction of sp³-hybridized carbons (Fsp3) is 0.333. The van der Waals surface area contributed by atoms with Crippen molar-refractivity contribution in [3.63, 3.8) is 0 Å². The van der Waals surface area contributed by atoms with Crippen LogP contribution in [0.25, 0.3) is 11.5 Å². The Morgan fingerprint density at radius 3 is 2.22 bits per heavy atom. The van der Waals surface area contributed by atoms with Gasteiger partial charge >= 0.3 is 0 Å². The molecule has 3 nitrogen and oxygen atoms in total. The van der Waals surface area contributed by atoms with E-state index in [-0.39, 0.29) is 0 Å². The van der Waals surface area contributed by atoms with E-state index in [1.54, 1.807) is 6.20 Å². The lowest BCUT2D eigenvalue weighted by Crippen LogP contribution is -1.89. The molecular formula is C6H9N3. The first-order valence-corrected chi connectivity index (χ1v) is 2.80. The van der Waals surface area contributed by atoms with E-state index in [9.17, 15) is 0 Å². The number of hydrogen-bond acceptors (Lipinski definition) is 3. The minimum absolute atomic E-state index is 0.926. The van der Waals surface area contributed by atoms with Crippen molar-refractivity contribution in [3.8, 4) is 11.5 Å². The molecule has 3 heteroatoms. The number of nitrogens with zero attached hydrogens (tertiary/aromatic N) is 2. The fourth-order valence-corrected chi connectivity index (χ4v) is 0.471. The molecule has 0 saturated heterocycles. The second-order valence-corrected chi connectivity index (χ2v) is 1.77. The van der Waals surface area contributed by atoms with Gasteiger partial charge in [0, 0.05) is 6.20 Å². The van der Waals surface area contributed by atoms with Crippen molar-refractivity contribution in [3.05, 3.63) is 12.3 Å². The van der Waals surface area contributed by atoms with Crippen LogP contribution in [0.1, 0.15) is 0 Å². The third-order valence-electron chi connectivity index (χ3n) is 0.835. The molecule has 9 heavy (non-hydrogen) atoms. The first-order chi connectivity index (χ1) is 4.38. The van der Waals surface area contributed by atoms with Gasteiger partial charge in [-0.15, -0.1) is 0 Å². The van der Waals surface area contributed by atoms with Gasteiger partial charge in [0.1, 0.15) is 5.69 Å². The second kappa shape index (κ2) is 2.55. The van der Waals surface area contributed by atoms with Crippen molar-refractivity contribution in [2.75, 3.05) is 14.1 Å². The molecule has 0 spiro atoms. The topological polar surface area (TPSA) is 37.8 Å². The molecule has 0 aliphatic carbocycles. The Kier molecular flexibility index (Phi) is 1.75. The Hall–Kier alpha value is -0.960. The Labute approximate surface area is 54.2 Å². The lowest BCUT2D eigenvalue weighted by molar-refractivity contribution is 1.02. The maximum Gasteiger partial charge on any atom is 0.178 e. The number of hydrogen-bond donors (Lipinski definition) is 1. The van der Waals surface area contributed by atoms with E-state index < -0.39 is 0 Å². The molecule has 0 aromatic carbocycles. The molecule has 0 atom stereocenters. The number of fused-ring (bicyclic) bond motifs is 1. The molecule has 2 heterocycles. The second-order valence-electron chi connectivity index (χ2n) is 1.77. The summed E-state index contributed by atoms with van der Waals surface area (Å²) < 4.78 is 0. The summed E-state index contributed by atoms with van der Waals surface area (Å²) in [6, 6.07) is 1.90. The van der Waals surface area contributed by atoms with Crippen molar-refractivity contribution in [1.82, 2.24) is 15.3 Å². The number of nitrogens with one attached hydrogen (secondary N) is 1. The zero-order chi connectivity index (χ0) is 6.69. The zero-order valence-corrected chi connectivity index (χ0v) is 5.55. The number of aromatic nitrogens is 2. The van der Waals surface area contributed by atoms with Crippen LogP contribution in [0.3, 0.4) is 0 Å². The minimum Gasteiger partial charge on any atom is -0.323 e. The van der Waals surface area contributed by atoms with Gasteiger partial charge in [-0.2, -0.15) is 0 Å². The maximum atomic E-state index is 3.84. The highest BCUT2D eigenvalue weighted by Crippen LogP contribution is 2.21. The molecule has 0 aromatic rings. The summed E-state index contributed by atoms with van der Waals surface area (Å²) in [6.45, 7) is 0. The molecule has 2 aliphatic heterocycles. The Bertz CT molecular complexity index is 180. The first-order valence-electron chi connectivity index (χ1n) is 2.80. The highest BCUT2D eigenvalue weighted by molar-refractivity contribution is 5.61. The molecule has 0 fully saturated rings. The van der Waals surface area contributed by atoms with E-state index in [2.05, 4.69) is 15.3 Å². The summed E-state index contributed by atoms with van der Waals surface area (Å²) in [6.07, 6.45) is 1.76. The van der Waals surface area contributed by atoms with Crippen LogP contribution in [0, 0.1) is 0 Å². The van der Waals surface area contributed by atoms with E-state index in [1.807, 2.05) is 20.2 Å². The van der Waals surface area contributed by atoms with Gasteiger partial charge in [0.25, 0.3) is 0 Å². The molecular weight excluding hydrogens is 114 g/mol. The summed E-state index contributed by atoms with van der Waals surface area (Å²) >= 11 is 0. The summed E-state index contributed by atoms with van der Waals surface area (Å²) in [7, 11) is 3.75. The van der Waals surface area contributed by atoms with Crippen LogP contribution < -0.4 is 5.32 Å². The molecule has 48 valence electrons. The quantitative estimate of drug-likeness (QED) is 0.547. The standard InChI is InChI=1S/C4H2N2.C2H7N/c1-2-5-4-3(1)6-4;1-3-2/h1-2H;3H,1-2H3. The van der Waals surface area contributed by atoms with E-state index >= 15 is 0 Å². The average Bonchev–Trinajstić information content (AvgIpc) is 2.43. The maximum absolute atomic E-state index is 3.84. The molecule has 0 saturated carbocycles. The first kappa shape index (κ1) is 6.16. The van der Waals surface area contributed by atoms with E-state index in [4.69, 9.17) is 0 Å². The van der Waals surface area contributed by atoms with Gasteiger partial charge in [-0.25, -0.2) is 9.97 Å². The van der Waals surface area contributed by atoms with Crippen molar-refractivity contribution in [2.24, 2.45) is 0 Å². The molecule has 0 unspecified atom stereocenters. The van der Waals surface area contributed by atoms with Crippen LogP contribution >= 0.6 is 0 Å². The van der Waals surface area contributed by atoms with E-state index in [0.29, 0.717) is 0 Å². The predicted molar refractivity (Wildman–Crippen MR) is 36.0 cm³/mol. The third-order valence-corrected chi connectivity index (χ3v) is 0.835. The van der Waals surface area contributed by atoms with Gasteiger partial charge in [0.2, 0.25) is 0 Å². The van der Waals surface area contributed by atoms with Crippen molar-refractivity contribution in [2.45, 2.75) is 0 Å². The van der Waals surface area contributed by atoms with Crippen LogP contribution in [0.15, 0.2) is 12.3 Å². The Morgan fingerprint density at radius 2 is 2.11 bits per heavy atom. The van der Waals surface area contributed by atoms with Gasteiger partial charge in [-0.3, -0.25) is 0 Å². The van der Waals surface area contributed by atoms with Crippen molar-refractivity contribution < 1.29 is 0 Å². The minimum atomic E-state index is 0.926. The summed E-state index contributed by atoms with van der Waals surface area (Å²) in [5.41, 5.74) is 1.06. The van der Waals surface area contributed by atoms with Crippen molar-refractivity contribution in [1.29, 1.82) is 0 Å². The Balaban J connectivity index is 0.000000120. The molecule has 0 radical (unpaired) electrons. The normalized spacial score (nSPS) is 9.56. The smallest absolute Gasteiger partial charge is 0.178 e. The van der Waals surface area contributed by atoms with Crippen LogP contribution in [0.5, 0.6) is 0 Å². The largest absolute Gasteiger partial charge is 0.323 e. The van der Waals surface area contributed by atoms with Crippen LogP contribution in [0.2, 0.25) is 0 Å². The SMILES string of the molecule is CNC.c1cc2nc-2n1. The predicted octanol–water partition coefficient (Wildman–Crippen LogP) is 0.293. The van der Waals surface area contributed by atoms with Gasteiger partial charge in [0.15, 0.2) is 5.82 Å². The molecule has 2 rings (SSSR count). The average molecular weight is 123 g/mol. The van der Waals surface area contributed by atoms with Crippen LogP contribution in [0.4, 0.5) is 0 Å². The summed E-state index contributed by atoms with van der Waals surface area (Å²) in [5, 5.41) is 2.75. The summed E-state index contributed by atoms with van der Waals surface area (Å²) in [4.78, 5) is 7.68. The van der Waals surface area contributed by atoms with Gasteiger partial charge in [0.05, 0.1) is 0 Å². The number of rotatable bonds is 0. The van der Waals surface area contributed by atoms with Gasteiger partial charge in [-0.1, -0.05) is 0 Å². The molecule has 0 bridgehead atoms. The monoisotopic (exact) mass is 123 g/mol. The fourth-order valence-electron chi connectivity index (χ4n) is 0.471. The molecule has 1 N–H and O–H groups in total. The lowest BCUT2D eigenvalue weighted by atomic mass is 10.6. The molecule has 0 aromatic heterocycles. The van der Waals surface area contributed by atoms with Crippen LogP contribution in [-0.2, 0) is 0 Å². The highest BCUT2D eigenvalue weighted by atomic mass is 15.0. The summed E-state index contributed by atoms with van der Waals surface area (Å²) in [5.74, 6) is 0.926. The molecule has 0 amide bonds. The third kappa shape index (κ3) is 1.47. The van der Waals surface area contributed by atoms with Crippen LogP contribution in [-0.4, -0.2) is 24.1 Å². The van der Waals surface area contributed by atoms with E-state index in [0.717, 1.165) is 11.5 Å². The van der Waals surface area contributed by atoms with Gasteiger partial charge < -0.3 is 5.32 Å². The highest BCUT2D eigenvalue weighted by Gasteiger charge is 2.13. The lowest BCUT2D eigenvalue weighted by Gasteiger charge is -1.59. The van der Waals surface area contributed by atoms with E-state index in [1.165, 1.54) is 0 Å². The molecule has 2 aliphatic rings.